The van der Waals surface area contributed by atoms with Crippen molar-refractivity contribution in [2.24, 2.45) is 0 Å². The molecule has 1 aromatic carbocycles. The number of amides is 1. The molecule has 4 heteroatoms. The molecule has 0 aliphatic heterocycles. The van der Waals surface area contributed by atoms with Crippen LogP contribution in [0.15, 0.2) is 28.7 Å². The second-order valence-corrected chi connectivity index (χ2v) is 4.10. The molecule has 0 atom stereocenters. The maximum Gasteiger partial charge on any atom is 0.289 e. The lowest BCUT2D eigenvalue weighted by Crippen LogP contribution is -2.29. The van der Waals surface area contributed by atoms with E-state index in [1.165, 1.54) is 4.90 Å². The standard InChI is InChI=1S/C13H15NO3/c1-9-3-4-11-10(7-9)8-12(17-11)13(16)14(2)5-6-15/h3-4,7-8,15H,5-6H2,1-2H3. The minimum atomic E-state index is -0.215. The topological polar surface area (TPSA) is 53.7 Å². The van der Waals surface area contributed by atoms with Crippen LogP contribution in [0.4, 0.5) is 0 Å². The number of fused-ring (bicyclic) bond motifs is 1. The molecule has 0 aliphatic carbocycles. The van der Waals surface area contributed by atoms with E-state index >= 15 is 0 Å². The first-order chi connectivity index (χ1) is 8.11. The summed E-state index contributed by atoms with van der Waals surface area (Å²) in [5.74, 6) is 0.0921. The molecule has 0 spiro atoms. The lowest BCUT2D eigenvalue weighted by atomic mass is 10.2. The summed E-state index contributed by atoms with van der Waals surface area (Å²) in [4.78, 5) is 13.3. The Labute approximate surface area is 99.4 Å². The van der Waals surface area contributed by atoms with Crippen molar-refractivity contribution in [3.63, 3.8) is 0 Å². The number of hydrogen-bond donors (Lipinski definition) is 1. The minimum absolute atomic E-state index is 0.0540. The SMILES string of the molecule is Cc1ccc2oc(C(=O)N(C)CCO)cc2c1. The van der Waals surface area contributed by atoms with E-state index in [9.17, 15) is 4.79 Å². The Balaban J connectivity index is 2.33. The zero-order valence-electron chi connectivity index (χ0n) is 9.93. The van der Waals surface area contributed by atoms with E-state index in [0.29, 0.717) is 17.9 Å². The Morgan fingerprint density at radius 3 is 2.88 bits per heavy atom. The number of carbonyl (C=O) groups excluding carboxylic acids is 1. The summed E-state index contributed by atoms with van der Waals surface area (Å²) in [5, 5.41) is 9.71. The van der Waals surface area contributed by atoms with Crippen molar-refractivity contribution in [2.45, 2.75) is 6.92 Å². The number of carbonyl (C=O) groups is 1. The third kappa shape index (κ3) is 2.31. The Bertz CT molecular complexity index is 545. The average molecular weight is 233 g/mol. The molecule has 4 nitrogen and oxygen atoms in total. The van der Waals surface area contributed by atoms with E-state index < -0.39 is 0 Å². The quantitative estimate of drug-likeness (QED) is 0.879. The van der Waals surface area contributed by atoms with Crippen LogP contribution < -0.4 is 0 Å². The van der Waals surface area contributed by atoms with Crippen LogP contribution in [0, 0.1) is 6.92 Å². The van der Waals surface area contributed by atoms with Gasteiger partial charge in [0.1, 0.15) is 5.58 Å². The summed E-state index contributed by atoms with van der Waals surface area (Å²) in [7, 11) is 1.64. The highest BCUT2D eigenvalue weighted by molar-refractivity contribution is 5.96. The van der Waals surface area contributed by atoms with E-state index in [-0.39, 0.29) is 12.5 Å². The van der Waals surface area contributed by atoms with Gasteiger partial charge in [-0.1, -0.05) is 11.6 Å². The van der Waals surface area contributed by atoms with Crippen LogP contribution >= 0.6 is 0 Å². The lowest BCUT2D eigenvalue weighted by Gasteiger charge is -2.13. The number of rotatable bonds is 3. The molecule has 0 bridgehead atoms. The van der Waals surface area contributed by atoms with Gasteiger partial charge in [-0.25, -0.2) is 0 Å². The number of aryl methyl sites for hydroxylation is 1. The highest BCUT2D eigenvalue weighted by Crippen LogP contribution is 2.21. The van der Waals surface area contributed by atoms with Gasteiger partial charge in [-0.05, 0) is 25.1 Å². The van der Waals surface area contributed by atoms with E-state index in [1.807, 2.05) is 25.1 Å². The van der Waals surface area contributed by atoms with E-state index in [4.69, 9.17) is 9.52 Å². The van der Waals surface area contributed by atoms with Gasteiger partial charge in [0.15, 0.2) is 5.76 Å². The molecule has 2 rings (SSSR count). The average Bonchev–Trinajstić information content (AvgIpc) is 2.71. The smallest absolute Gasteiger partial charge is 0.289 e. The van der Waals surface area contributed by atoms with Crippen LogP contribution in [0.2, 0.25) is 0 Å². The van der Waals surface area contributed by atoms with Crippen LogP contribution in [0.25, 0.3) is 11.0 Å². The number of likely N-dealkylation sites (N-methyl/N-ethyl adjacent to an activating group) is 1. The van der Waals surface area contributed by atoms with Gasteiger partial charge in [-0.15, -0.1) is 0 Å². The van der Waals surface area contributed by atoms with Crippen LogP contribution in [0.1, 0.15) is 16.1 Å². The molecule has 0 saturated heterocycles. The zero-order valence-corrected chi connectivity index (χ0v) is 9.93. The number of nitrogens with zero attached hydrogens (tertiary/aromatic N) is 1. The van der Waals surface area contributed by atoms with Gasteiger partial charge in [0.25, 0.3) is 5.91 Å². The normalized spacial score (nSPS) is 10.8. The number of hydrogen-bond acceptors (Lipinski definition) is 3. The van der Waals surface area contributed by atoms with Crippen molar-refractivity contribution < 1.29 is 14.3 Å². The Kier molecular flexibility index (Phi) is 3.15. The third-order valence-corrected chi connectivity index (χ3v) is 2.66. The summed E-state index contributed by atoms with van der Waals surface area (Å²) in [6, 6.07) is 7.51. The molecule has 2 aromatic rings. The van der Waals surface area contributed by atoms with E-state index in [2.05, 4.69) is 0 Å². The molecule has 1 N–H and O–H groups in total. The maximum absolute atomic E-state index is 11.9. The van der Waals surface area contributed by atoms with Crippen LogP contribution in [0.3, 0.4) is 0 Å². The molecule has 0 aliphatic rings. The molecular weight excluding hydrogens is 218 g/mol. The first-order valence-electron chi connectivity index (χ1n) is 5.48. The van der Waals surface area contributed by atoms with Gasteiger partial charge in [0.2, 0.25) is 0 Å². The molecule has 90 valence electrons. The highest BCUT2D eigenvalue weighted by atomic mass is 16.3. The van der Waals surface area contributed by atoms with Gasteiger partial charge in [-0.3, -0.25) is 4.79 Å². The number of aliphatic hydroxyl groups excluding tert-OH is 1. The number of benzene rings is 1. The summed E-state index contributed by atoms with van der Waals surface area (Å²) in [6.45, 7) is 2.24. The Morgan fingerprint density at radius 2 is 2.18 bits per heavy atom. The first kappa shape index (κ1) is 11.7. The Hall–Kier alpha value is -1.81. The van der Waals surface area contributed by atoms with E-state index in [0.717, 1.165) is 10.9 Å². The monoisotopic (exact) mass is 233 g/mol. The Morgan fingerprint density at radius 1 is 1.41 bits per heavy atom. The molecule has 1 heterocycles. The lowest BCUT2D eigenvalue weighted by molar-refractivity contribution is 0.0738. The molecule has 0 saturated carbocycles. The van der Waals surface area contributed by atoms with Crippen molar-refractivity contribution in [1.82, 2.24) is 4.90 Å². The highest BCUT2D eigenvalue weighted by Gasteiger charge is 2.16. The first-order valence-corrected chi connectivity index (χ1v) is 5.48. The fourth-order valence-electron chi connectivity index (χ4n) is 1.71. The summed E-state index contributed by atoms with van der Waals surface area (Å²) >= 11 is 0. The van der Waals surface area contributed by atoms with Crippen LogP contribution in [-0.4, -0.2) is 36.1 Å². The second-order valence-electron chi connectivity index (χ2n) is 4.10. The van der Waals surface area contributed by atoms with Crippen molar-refractivity contribution in [1.29, 1.82) is 0 Å². The van der Waals surface area contributed by atoms with Crippen molar-refractivity contribution in [2.75, 3.05) is 20.2 Å². The molecule has 0 fully saturated rings. The molecular formula is C13H15NO3. The van der Waals surface area contributed by atoms with Gasteiger partial charge < -0.3 is 14.4 Å². The number of furan rings is 1. The summed E-state index contributed by atoms with van der Waals surface area (Å²) < 4.78 is 5.48. The van der Waals surface area contributed by atoms with Crippen LogP contribution in [-0.2, 0) is 0 Å². The van der Waals surface area contributed by atoms with Gasteiger partial charge in [-0.2, -0.15) is 0 Å². The second kappa shape index (κ2) is 4.59. The van der Waals surface area contributed by atoms with Gasteiger partial charge in [0, 0.05) is 19.0 Å². The predicted molar refractivity (Wildman–Crippen MR) is 65.0 cm³/mol. The molecule has 0 radical (unpaired) electrons. The fourth-order valence-corrected chi connectivity index (χ4v) is 1.71. The van der Waals surface area contributed by atoms with Gasteiger partial charge >= 0.3 is 0 Å². The van der Waals surface area contributed by atoms with Crippen molar-refractivity contribution in [3.05, 3.63) is 35.6 Å². The van der Waals surface area contributed by atoms with Crippen molar-refractivity contribution >= 4 is 16.9 Å². The van der Waals surface area contributed by atoms with Crippen molar-refractivity contribution in [3.8, 4) is 0 Å². The fraction of sp³-hybridized carbons (Fsp3) is 0.308. The van der Waals surface area contributed by atoms with E-state index in [1.54, 1.807) is 13.1 Å². The van der Waals surface area contributed by atoms with Crippen LogP contribution in [0.5, 0.6) is 0 Å². The third-order valence-electron chi connectivity index (χ3n) is 2.66. The molecule has 1 amide bonds. The molecule has 17 heavy (non-hydrogen) atoms. The molecule has 1 aromatic heterocycles. The summed E-state index contributed by atoms with van der Waals surface area (Å²) in [6.07, 6.45) is 0. The predicted octanol–water partition coefficient (Wildman–Crippen LogP) is 1.81. The number of aliphatic hydroxyl groups is 1. The largest absolute Gasteiger partial charge is 0.451 e. The molecule has 0 unspecified atom stereocenters. The summed E-state index contributed by atoms with van der Waals surface area (Å²) in [5.41, 5.74) is 1.83. The minimum Gasteiger partial charge on any atom is -0.451 e. The van der Waals surface area contributed by atoms with Gasteiger partial charge in [0.05, 0.1) is 6.61 Å². The zero-order chi connectivity index (χ0) is 12.4. The maximum atomic E-state index is 11.9.